The Kier molecular flexibility index (Phi) is 4.94. The van der Waals surface area contributed by atoms with E-state index in [0.29, 0.717) is 27.0 Å². The maximum absolute atomic E-state index is 13.3. The van der Waals surface area contributed by atoms with Crippen LogP contribution in [0.1, 0.15) is 4.88 Å². The van der Waals surface area contributed by atoms with Crippen molar-refractivity contribution < 1.29 is 13.6 Å². The van der Waals surface area contributed by atoms with Crippen molar-refractivity contribution in [3.8, 4) is 11.1 Å². The summed E-state index contributed by atoms with van der Waals surface area (Å²) >= 11 is 1.37. The third-order valence-corrected chi connectivity index (χ3v) is 5.44. The number of hydrogen-bond donors (Lipinski definition) is 1. The average molecular weight is 411 g/mol. The summed E-state index contributed by atoms with van der Waals surface area (Å²) < 4.78 is 27.5. The first-order valence-corrected chi connectivity index (χ1v) is 9.54. The van der Waals surface area contributed by atoms with Crippen LogP contribution in [0.25, 0.3) is 21.3 Å². The van der Waals surface area contributed by atoms with Crippen LogP contribution in [0.5, 0.6) is 0 Å². The Morgan fingerprint density at radius 1 is 1.07 bits per heavy atom. The fourth-order valence-corrected chi connectivity index (χ4v) is 4.11. The Balaban J connectivity index is 1.69. The largest absolute Gasteiger partial charge is 0.325 e. The zero-order valence-corrected chi connectivity index (χ0v) is 16.1. The van der Waals surface area contributed by atoms with Gasteiger partial charge in [-0.3, -0.25) is 14.2 Å². The van der Waals surface area contributed by atoms with Crippen LogP contribution >= 0.6 is 11.3 Å². The molecule has 146 valence electrons. The van der Waals surface area contributed by atoms with Crippen molar-refractivity contribution in [1.29, 1.82) is 0 Å². The zero-order chi connectivity index (χ0) is 20.5. The monoisotopic (exact) mass is 411 g/mol. The highest BCUT2D eigenvalue weighted by molar-refractivity contribution is 7.19. The summed E-state index contributed by atoms with van der Waals surface area (Å²) in [5, 5.41) is 3.02. The van der Waals surface area contributed by atoms with Gasteiger partial charge in [0.15, 0.2) is 0 Å². The number of anilines is 1. The maximum atomic E-state index is 13.3. The molecule has 0 aliphatic heterocycles. The van der Waals surface area contributed by atoms with Crippen LogP contribution in [-0.2, 0) is 11.3 Å². The molecule has 1 N–H and O–H groups in total. The fraction of sp³-hybridized carbons (Fsp3) is 0.0952. The normalized spacial score (nSPS) is 11.0. The van der Waals surface area contributed by atoms with Crippen molar-refractivity contribution in [2.24, 2.45) is 0 Å². The summed E-state index contributed by atoms with van der Waals surface area (Å²) in [5.74, 6) is -1.20. The molecule has 5 nitrogen and oxygen atoms in total. The number of nitrogens with one attached hydrogen (secondary N) is 1. The highest BCUT2D eigenvalue weighted by atomic mass is 32.1. The molecular formula is C21H15F2N3O2S. The molecule has 2 heterocycles. The third kappa shape index (κ3) is 3.79. The van der Waals surface area contributed by atoms with Gasteiger partial charge in [0.05, 0.1) is 11.7 Å². The number of aryl methyl sites for hydroxylation is 1. The lowest BCUT2D eigenvalue weighted by atomic mass is 10.0. The van der Waals surface area contributed by atoms with Gasteiger partial charge in [-0.25, -0.2) is 13.8 Å². The summed E-state index contributed by atoms with van der Waals surface area (Å²) in [4.78, 5) is 31.1. The predicted molar refractivity (Wildman–Crippen MR) is 109 cm³/mol. The smallest absolute Gasteiger partial charge is 0.263 e. The van der Waals surface area contributed by atoms with Gasteiger partial charge in [0.2, 0.25) is 5.91 Å². The minimum absolute atomic E-state index is 0.239. The molecule has 8 heteroatoms. The van der Waals surface area contributed by atoms with Crippen LogP contribution in [-0.4, -0.2) is 15.5 Å². The van der Waals surface area contributed by atoms with E-state index in [1.165, 1.54) is 58.6 Å². The highest BCUT2D eigenvalue weighted by Gasteiger charge is 2.18. The number of halogens is 2. The van der Waals surface area contributed by atoms with Gasteiger partial charge in [0, 0.05) is 16.1 Å². The van der Waals surface area contributed by atoms with Crippen molar-refractivity contribution in [2.45, 2.75) is 13.5 Å². The quantitative estimate of drug-likeness (QED) is 0.543. The Hall–Kier alpha value is -3.39. The summed E-state index contributed by atoms with van der Waals surface area (Å²) in [7, 11) is 0. The van der Waals surface area contributed by atoms with E-state index in [2.05, 4.69) is 10.3 Å². The first-order chi connectivity index (χ1) is 13.9. The molecule has 4 rings (SSSR count). The van der Waals surface area contributed by atoms with Crippen LogP contribution in [0.2, 0.25) is 0 Å². The summed E-state index contributed by atoms with van der Waals surface area (Å²) in [5.41, 5.74) is 1.48. The molecular weight excluding hydrogens is 396 g/mol. The van der Waals surface area contributed by atoms with Gasteiger partial charge < -0.3 is 5.32 Å². The second kappa shape index (κ2) is 7.56. The maximum Gasteiger partial charge on any atom is 0.263 e. The lowest BCUT2D eigenvalue weighted by Crippen LogP contribution is -2.27. The van der Waals surface area contributed by atoms with Crippen LogP contribution in [0.3, 0.4) is 0 Å². The van der Waals surface area contributed by atoms with Crippen LogP contribution in [0.4, 0.5) is 14.5 Å². The van der Waals surface area contributed by atoms with Gasteiger partial charge in [-0.15, -0.1) is 11.3 Å². The van der Waals surface area contributed by atoms with Crippen molar-refractivity contribution in [3.63, 3.8) is 0 Å². The van der Waals surface area contributed by atoms with E-state index in [1.807, 2.05) is 6.92 Å². The van der Waals surface area contributed by atoms with Crippen LogP contribution < -0.4 is 10.9 Å². The van der Waals surface area contributed by atoms with E-state index in [-0.39, 0.29) is 17.9 Å². The molecule has 4 aromatic rings. The minimum atomic E-state index is -0.435. The number of carbonyl (C=O) groups is 1. The SMILES string of the molecule is Cc1sc2ncn(CC(=O)Nc3ccc(F)cc3)c(=O)c2c1-c1ccc(F)cc1. The Labute approximate surface area is 168 Å². The summed E-state index contributed by atoms with van der Waals surface area (Å²) in [6.45, 7) is 1.63. The van der Waals surface area contributed by atoms with E-state index in [4.69, 9.17) is 0 Å². The molecule has 29 heavy (non-hydrogen) atoms. The number of benzene rings is 2. The van der Waals surface area contributed by atoms with E-state index >= 15 is 0 Å². The molecule has 0 unspecified atom stereocenters. The average Bonchev–Trinajstić information content (AvgIpc) is 3.03. The first kappa shape index (κ1) is 18.9. The molecule has 0 atom stereocenters. The molecule has 0 aliphatic rings. The zero-order valence-electron chi connectivity index (χ0n) is 15.3. The van der Waals surface area contributed by atoms with Crippen molar-refractivity contribution >= 4 is 33.1 Å². The topological polar surface area (TPSA) is 64.0 Å². The van der Waals surface area contributed by atoms with Crippen LogP contribution in [0.15, 0.2) is 59.7 Å². The molecule has 0 saturated heterocycles. The number of aromatic nitrogens is 2. The van der Waals surface area contributed by atoms with Gasteiger partial charge in [-0.1, -0.05) is 12.1 Å². The Bertz CT molecular complexity index is 1260. The van der Waals surface area contributed by atoms with Gasteiger partial charge in [-0.2, -0.15) is 0 Å². The number of carbonyl (C=O) groups excluding carboxylic acids is 1. The van der Waals surface area contributed by atoms with Crippen molar-refractivity contribution in [1.82, 2.24) is 9.55 Å². The Morgan fingerprint density at radius 3 is 2.34 bits per heavy atom. The van der Waals surface area contributed by atoms with E-state index < -0.39 is 11.7 Å². The van der Waals surface area contributed by atoms with Gasteiger partial charge in [-0.05, 0) is 48.9 Å². The molecule has 0 spiro atoms. The van der Waals surface area contributed by atoms with Gasteiger partial charge in [0.25, 0.3) is 5.56 Å². The van der Waals surface area contributed by atoms with Gasteiger partial charge >= 0.3 is 0 Å². The lowest BCUT2D eigenvalue weighted by molar-refractivity contribution is -0.116. The Morgan fingerprint density at radius 2 is 1.69 bits per heavy atom. The molecule has 1 amide bonds. The van der Waals surface area contributed by atoms with Crippen molar-refractivity contribution in [3.05, 3.63) is 81.7 Å². The highest BCUT2D eigenvalue weighted by Crippen LogP contribution is 2.35. The van der Waals surface area contributed by atoms with E-state index in [9.17, 15) is 18.4 Å². The molecule has 0 bridgehead atoms. The molecule has 0 radical (unpaired) electrons. The van der Waals surface area contributed by atoms with Gasteiger partial charge in [0.1, 0.15) is 23.0 Å². The summed E-state index contributed by atoms with van der Waals surface area (Å²) in [6, 6.07) is 11.2. The lowest BCUT2D eigenvalue weighted by Gasteiger charge is -2.08. The van der Waals surface area contributed by atoms with E-state index in [0.717, 1.165) is 4.88 Å². The van der Waals surface area contributed by atoms with Crippen molar-refractivity contribution in [2.75, 3.05) is 5.32 Å². The molecule has 2 aromatic heterocycles. The number of fused-ring (bicyclic) bond motifs is 1. The minimum Gasteiger partial charge on any atom is -0.325 e. The number of thiophene rings is 1. The number of nitrogens with zero attached hydrogens (tertiary/aromatic N) is 2. The summed E-state index contributed by atoms with van der Waals surface area (Å²) in [6.07, 6.45) is 1.33. The predicted octanol–water partition coefficient (Wildman–Crippen LogP) is 4.35. The molecule has 0 fully saturated rings. The molecule has 2 aromatic carbocycles. The van der Waals surface area contributed by atoms with E-state index in [1.54, 1.807) is 12.1 Å². The second-order valence-corrected chi connectivity index (χ2v) is 7.66. The number of rotatable bonds is 4. The fourth-order valence-electron chi connectivity index (χ4n) is 3.10. The second-order valence-electron chi connectivity index (χ2n) is 6.45. The number of amides is 1. The molecule has 0 aliphatic carbocycles. The molecule has 0 saturated carbocycles. The first-order valence-electron chi connectivity index (χ1n) is 8.72. The number of hydrogen-bond acceptors (Lipinski definition) is 4. The van der Waals surface area contributed by atoms with Crippen LogP contribution in [0, 0.1) is 18.6 Å². The standard InChI is InChI=1S/C21H15F2N3O2S/c1-12-18(13-2-4-14(22)5-3-13)19-20(29-12)24-11-26(21(19)28)10-17(27)25-16-8-6-15(23)7-9-16/h2-9,11H,10H2,1H3,(H,25,27). The third-order valence-electron chi connectivity index (χ3n) is 4.43.